The Hall–Kier alpha value is -1.48. The minimum Gasteiger partial charge on any atom is -0.332 e. The average molecular weight is 327 g/mol. The van der Waals surface area contributed by atoms with Gasteiger partial charge < -0.3 is 9.84 Å². The molecule has 0 aromatic carbocycles. The Balaban J connectivity index is 0.00000132. The molecule has 1 N–H and O–H groups in total. The van der Waals surface area contributed by atoms with Crippen LogP contribution in [0, 0.1) is 0 Å². The molecule has 4 heterocycles. The van der Waals surface area contributed by atoms with E-state index < -0.39 is 0 Å². The lowest BCUT2D eigenvalue weighted by molar-refractivity contribution is 0.190. The van der Waals surface area contributed by atoms with E-state index in [2.05, 4.69) is 32.4 Å². The zero-order valence-electron chi connectivity index (χ0n) is 11.4. The van der Waals surface area contributed by atoms with Gasteiger partial charge in [-0.2, -0.15) is 4.98 Å². The molecule has 3 aromatic rings. The second kappa shape index (κ2) is 5.72. The zero-order valence-corrected chi connectivity index (χ0v) is 13.0. The molecule has 4 rings (SSSR count). The van der Waals surface area contributed by atoms with E-state index in [-0.39, 0.29) is 18.4 Å². The molecule has 7 nitrogen and oxygen atoms in total. The third-order valence-electron chi connectivity index (χ3n) is 3.63. The van der Waals surface area contributed by atoms with E-state index >= 15 is 0 Å². The number of thiazole rings is 1. The van der Waals surface area contributed by atoms with Crippen molar-refractivity contribution in [1.29, 1.82) is 0 Å². The maximum absolute atomic E-state index is 5.43. The van der Waals surface area contributed by atoms with Gasteiger partial charge in [0, 0.05) is 25.0 Å². The van der Waals surface area contributed by atoms with E-state index in [9.17, 15) is 0 Å². The summed E-state index contributed by atoms with van der Waals surface area (Å²) >= 11 is 1.61. The molecule has 112 valence electrons. The molecular weight excluding hydrogens is 312 g/mol. The summed E-state index contributed by atoms with van der Waals surface area (Å²) in [6.07, 6.45) is 3.59. The number of aromatic nitrogens is 4. The fraction of sp³-hybridized carbons (Fsp3) is 0.417. The number of rotatable bonds is 2. The summed E-state index contributed by atoms with van der Waals surface area (Å²) < 4.78 is 7.39. The molecule has 0 radical (unpaired) electrons. The van der Waals surface area contributed by atoms with Crippen molar-refractivity contribution in [2.24, 2.45) is 0 Å². The van der Waals surface area contributed by atoms with Gasteiger partial charge in [0.05, 0.1) is 12.2 Å². The highest BCUT2D eigenvalue weighted by Crippen LogP contribution is 2.26. The Morgan fingerprint density at radius 3 is 3.24 bits per heavy atom. The van der Waals surface area contributed by atoms with Gasteiger partial charge in [0.1, 0.15) is 16.9 Å². The number of likely N-dealkylation sites (N-methyl/N-ethyl adjacent to an activating group) is 1. The Kier molecular flexibility index (Phi) is 3.94. The number of hydrogen-bond acceptors (Lipinski definition) is 7. The second-order valence-electron chi connectivity index (χ2n) is 4.88. The lowest BCUT2D eigenvalue weighted by Gasteiger charge is -2.30. The summed E-state index contributed by atoms with van der Waals surface area (Å²) in [7, 11) is 2.08. The van der Waals surface area contributed by atoms with Crippen LogP contribution in [-0.4, -0.2) is 51.1 Å². The summed E-state index contributed by atoms with van der Waals surface area (Å²) in [4.78, 5) is 12.0. The highest BCUT2D eigenvalue weighted by Gasteiger charge is 2.26. The lowest BCUT2D eigenvalue weighted by atomic mass is 10.2. The molecule has 0 amide bonds. The fourth-order valence-corrected chi connectivity index (χ4v) is 3.27. The monoisotopic (exact) mass is 326 g/mol. The maximum Gasteiger partial charge on any atom is 0.275 e. The first-order valence-corrected chi connectivity index (χ1v) is 7.35. The first-order chi connectivity index (χ1) is 9.83. The van der Waals surface area contributed by atoms with Crippen LogP contribution in [0.5, 0.6) is 0 Å². The Bertz CT molecular complexity index is 737. The molecule has 1 atom stereocenters. The highest BCUT2D eigenvalue weighted by atomic mass is 35.5. The summed E-state index contributed by atoms with van der Waals surface area (Å²) in [5.74, 6) is 1.28. The van der Waals surface area contributed by atoms with Crippen LogP contribution in [0.1, 0.15) is 11.9 Å². The van der Waals surface area contributed by atoms with Gasteiger partial charge in [-0.15, -0.1) is 23.7 Å². The van der Waals surface area contributed by atoms with E-state index in [1.165, 1.54) is 0 Å². The molecule has 1 aliphatic heterocycles. The lowest BCUT2D eigenvalue weighted by Crippen LogP contribution is -2.44. The third-order valence-corrected chi connectivity index (χ3v) is 4.51. The summed E-state index contributed by atoms with van der Waals surface area (Å²) in [6.45, 7) is 2.83. The third kappa shape index (κ3) is 2.44. The molecule has 0 bridgehead atoms. The van der Waals surface area contributed by atoms with Crippen LogP contribution in [0.2, 0.25) is 0 Å². The second-order valence-corrected chi connectivity index (χ2v) is 5.77. The van der Waals surface area contributed by atoms with Crippen molar-refractivity contribution in [3.8, 4) is 11.6 Å². The minimum atomic E-state index is 0. The molecule has 0 aliphatic carbocycles. The predicted octanol–water partition coefficient (Wildman–Crippen LogP) is 1.44. The molecule has 1 fully saturated rings. The first kappa shape index (κ1) is 14.5. The van der Waals surface area contributed by atoms with Crippen LogP contribution in [0.25, 0.3) is 16.4 Å². The maximum atomic E-state index is 5.43. The molecule has 0 saturated carbocycles. The van der Waals surface area contributed by atoms with Crippen molar-refractivity contribution in [3.63, 3.8) is 0 Å². The molecule has 3 aromatic heterocycles. The number of piperazine rings is 1. The quantitative estimate of drug-likeness (QED) is 0.768. The van der Waals surface area contributed by atoms with Crippen LogP contribution in [0.15, 0.2) is 22.4 Å². The summed E-state index contributed by atoms with van der Waals surface area (Å²) in [6, 6.07) is 0.165. The normalized spacial score (nSPS) is 19.8. The number of nitrogens with zero attached hydrogens (tertiary/aromatic N) is 5. The predicted molar refractivity (Wildman–Crippen MR) is 81.8 cm³/mol. The van der Waals surface area contributed by atoms with E-state index in [0.717, 1.165) is 36.0 Å². The first-order valence-electron chi connectivity index (χ1n) is 6.47. The SMILES string of the molecule is CN1CCNCC1c1noc(-c2csc3cncn23)n1.Cl. The van der Waals surface area contributed by atoms with E-state index in [4.69, 9.17) is 4.52 Å². The highest BCUT2D eigenvalue weighted by molar-refractivity contribution is 7.15. The zero-order chi connectivity index (χ0) is 13.5. The fourth-order valence-electron chi connectivity index (χ4n) is 2.45. The Morgan fingerprint density at radius 1 is 1.48 bits per heavy atom. The number of fused-ring (bicyclic) bond motifs is 1. The van der Waals surface area contributed by atoms with Gasteiger partial charge >= 0.3 is 0 Å². The number of halogens is 1. The van der Waals surface area contributed by atoms with Crippen molar-refractivity contribution in [3.05, 3.63) is 23.7 Å². The van der Waals surface area contributed by atoms with Crippen molar-refractivity contribution >= 4 is 28.6 Å². The van der Waals surface area contributed by atoms with Crippen molar-refractivity contribution in [1.82, 2.24) is 29.7 Å². The van der Waals surface area contributed by atoms with Gasteiger partial charge in [0.2, 0.25) is 0 Å². The van der Waals surface area contributed by atoms with Gasteiger partial charge in [0.15, 0.2) is 5.82 Å². The van der Waals surface area contributed by atoms with Gasteiger partial charge in [-0.05, 0) is 7.05 Å². The molecule has 0 spiro atoms. The standard InChI is InChI=1S/C12H14N6OS.ClH/c1-17-3-2-13-4-8(17)11-15-12(19-16-11)9-6-20-10-5-14-7-18(9)10;/h5-8,13H,2-4H2,1H3;1H. The summed E-state index contributed by atoms with van der Waals surface area (Å²) in [5, 5.41) is 9.51. The van der Waals surface area contributed by atoms with Crippen LogP contribution < -0.4 is 5.32 Å². The smallest absolute Gasteiger partial charge is 0.275 e. The number of hydrogen-bond donors (Lipinski definition) is 1. The molecule has 9 heteroatoms. The molecular formula is C12H15ClN6OS. The van der Waals surface area contributed by atoms with E-state index in [0.29, 0.717) is 5.89 Å². The summed E-state index contributed by atoms with van der Waals surface area (Å²) in [5.41, 5.74) is 0.896. The molecule has 1 saturated heterocycles. The van der Waals surface area contributed by atoms with Gasteiger partial charge in [-0.1, -0.05) is 5.16 Å². The van der Waals surface area contributed by atoms with Crippen LogP contribution in [0.3, 0.4) is 0 Å². The average Bonchev–Trinajstić information content (AvgIpc) is 3.14. The number of nitrogens with one attached hydrogen (secondary N) is 1. The van der Waals surface area contributed by atoms with E-state index in [1.807, 2.05) is 16.0 Å². The van der Waals surface area contributed by atoms with Crippen molar-refractivity contribution in [2.75, 3.05) is 26.7 Å². The largest absolute Gasteiger partial charge is 0.332 e. The Labute approximate surface area is 131 Å². The van der Waals surface area contributed by atoms with Crippen molar-refractivity contribution in [2.45, 2.75) is 6.04 Å². The van der Waals surface area contributed by atoms with Crippen LogP contribution in [0.4, 0.5) is 0 Å². The topological polar surface area (TPSA) is 71.5 Å². The van der Waals surface area contributed by atoms with Gasteiger partial charge in [-0.3, -0.25) is 9.30 Å². The minimum absolute atomic E-state index is 0. The molecule has 21 heavy (non-hydrogen) atoms. The van der Waals surface area contributed by atoms with Gasteiger partial charge in [-0.25, -0.2) is 4.98 Å². The van der Waals surface area contributed by atoms with E-state index in [1.54, 1.807) is 17.7 Å². The van der Waals surface area contributed by atoms with Crippen molar-refractivity contribution < 1.29 is 4.52 Å². The van der Waals surface area contributed by atoms with Gasteiger partial charge in [0.25, 0.3) is 5.89 Å². The Morgan fingerprint density at radius 2 is 2.38 bits per heavy atom. The molecule has 1 unspecified atom stereocenters. The van der Waals surface area contributed by atoms with Crippen LogP contribution in [-0.2, 0) is 0 Å². The molecule has 1 aliphatic rings. The van der Waals surface area contributed by atoms with Crippen LogP contribution >= 0.6 is 23.7 Å². The number of imidazole rings is 1.